The molecule has 2 amide bonds. The summed E-state index contributed by atoms with van der Waals surface area (Å²) in [7, 11) is 0. The molecule has 3 rings (SSSR count). The summed E-state index contributed by atoms with van der Waals surface area (Å²) in [5, 5.41) is 7.42. The van der Waals surface area contributed by atoms with Gasteiger partial charge in [0.2, 0.25) is 0 Å². The van der Waals surface area contributed by atoms with E-state index < -0.39 is 70.9 Å². The average Bonchev–Trinajstić information content (AvgIpc) is 3.43. The average molecular weight is 727 g/mol. The molecule has 1 heterocycles. The highest BCUT2D eigenvalue weighted by atomic mass is 19.1. The molecule has 11 nitrogen and oxygen atoms in total. The standard InChI is InChI=1S/C39H52F2N4O7/c1-11-39(9,10)34(33-27(21-26-15-13-12-14-16-26)23-45(43-33)31-22-28(40)17-18-29(31)41)44(32(47)24-50-25(2)46)20-19-30(35(48)51-37(3,4)5)42-36(49)52-38(6,7)8/h12-18,22-23,30,34H,11,19-21,24H2,1-10H3,(H,42,49)/t30-,34?/m0/s1. The lowest BCUT2D eigenvalue weighted by atomic mass is 9.77. The number of esters is 2. The Bertz CT molecular complexity index is 1710. The molecule has 0 saturated carbocycles. The lowest BCUT2D eigenvalue weighted by molar-refractivity contribution is -0.158. The van der Waals surface area contributed by atoms with Crippen LogP contribution in [0, 0.1) is 17.0 Å². The van der Waals surface area contributed by atoms with Crippen molar-refractivity contribution in [2.75, 3.05) is 13.2 Å². The summed E-state index contributed by atoms with van der Waals surface area (Å²) < 4.78 is 47.1. The Morgan fingerprint density at radius 1 is 0.923 bits per heavy atom. The van der Waals surface area contributed by atoms with Gasteiger partial charge in [0.25, 0.3) is 5.91 Å². The van der Waals surface area contributed by atoms with Crippen LogP contribution in [0.4, 0.5) is 13.6 Å². The maximum atomic E-state index is 15.2. The summed E-state index contributed by atoms with van der Waals surface area (Å²) in [6.45, 7) is 16.4. The van der Waals surface area contributed by atoms with Crippen molar-refractivity contribution in [2.24, 2.45) is 5.41 Å². The highest BCUT2D eigenvalue weighted by Gasteiger charge is 2.41. The molecule has 2 aromatic carbocycles. The molecule has 0 fully saturated rings. The fraction of sp³-hybridized carbons (Fsp3) is 0.513. The quantitative estimate of drug-likeness (QED) is 0.136. The van der Waals surface area contributed by atoms with Crippen LogP contribution < -0.4 is 5.32 Å². The molecule has 0 aliphatic carbocycles. The van der Waals surface area contributed by atoms with Crippen molar-refractivity contribution in [1.82, 2.24) is 20.0 Å². The van der Waals surface area contributed by atoms with E-state index in [0.717, 1.165) is 23.8 Å². The number of carbonyl (C=O) groups is 4. The van der Waals surface area contributed by atoms with Crippen molar-refractivity contribution in [3.63, 3.8) is 0 Å². The first-order chi connectivity index (χ1) is 24.1. The molecule has 284 valence electrons. The number of nitrogens with one attached hydrogen (secondary N) is 1. The highest BCUT2D eigenvalue weighted by molar-refractivity contribution is 5.83. The van der Waals surface area contributed by atoms with Crippen LogP contribution in [0.15, 0.2) is 54.7 Å². The van der Waals surface area contributed by atoms with Gasteiger partial charge >= 0.3 is 18.0 Å². The maximum absolute atomic E-state index is 15.2. The van der Waals surface area contributed by atoms with Crippen molar-refractivity contribution < 1.29 is 42.2 Å². The Morgan fingerprint density at radius 2 is 1.56 bits per heavy atom. The van der Waals surface area contributed by atoms with Crippen molar-refractivity contribution >= 4 is 23.9 Å². The largest absolute Gasteiger partial charge is 0.458 e. The number of carbonyl (C=O) groups excluding carboxylic acids is 4. The summed E-state index contributed by atoms with van der Waals surface area (Å²) in [6.07, 6.45) is 1.49. The summed E-state index contributed by atoms with van der Waals surface area (Å²) in [4.78, 5) is 53.9. The van der Waals surface area contributed by atoms with Gasteiger partial charge in [-0.1, -0.05) is 51.1 Å². The lowest BCUT2D eigenvalue weighted by Crippen LogP contribution is -2.50. The SMILES string of the molecule is CCC(C)(C)C(c1nn(-c2cc(F)ccc2F)cc1Cc1ccccc1)N(CC[C@H](NC(=O)OC(C)(C)C)C(=O)OC(C)(C)C)C(=O)COC(C)=O. The fourth-order valence-electron chi connectivity index (χ4n) is 5.51. The van der Waals surface area contributed by atoms with Gasteiger partial charge in [0.15, 0.2) is 6.61 Å². The van der Waals surface area contributed by atoms with Crippen LogP contribution in [0.25, 0.3) is 5.69 Å². The third-order valence-electron chi connectivity index (χ3n) is 8.20. The van der Waals surface area contributed by atoms with E-state index in [-0.39, 0.29) is 18.7 Å². The second-order valence-corrected chi connectivity index (χ2v) is 15.4. The summed E-state index contributed by atoms with van der Waals surface area (Å²) in [5.41, 5.74) is -0.685. The van der Waals surface area contributed by atoms with Gasteiger partial charge in [-0.15, -0.1) is 0 Å². The van der Waals surface area contributed by atoms with E-state index in [9.17, 15) is 23.6 Å². The molecule has 0 saturated heterocycles. The van der Waals surface area contributed by atoms with Crippen LogP contribution in [0.2, 0.25) is 0 Å². The number of alkyl carbamates (subject to hydrolysis) is 1. The van der Waals surface area contributed by atoms with Crippen LogP contribution in [0.3, 0.4) is 0 Å². The minimum Gasteiger partial charge on any atom is -0.458 e. The zero-order valence-corrected chi connectivity index (χ0v) is 31.8. The molecule has 1 aromatic heterocycles. The van der Waals surface area contributed by atoms with E-state index in [1.807, 2.05) is 51.1 Å². The normalized spacial score (nSPS) is 13.2. The second kappa shape index (κ2) is 17.1. The monoisotopic (exact) mass is 726 g/mol. The molecule has 0 aliphatic heterocycles. The minimum absolute atomic E-state index is 0.122. The van der Waals surface area contributed by atoms with Crippen LogP contribution in [0.5, 0.6) is 0 Å². The third kappa shape index (κ3) is 12.2. The molecular weight excluding hydrogens is 674 g/mol. The van der Waals surface area contributed by atoms with Gasteiger partial charge in [-0.2, -0.15) is 5.10 Å². The molecule has 0 radical (unpaired) electrons. The molecular formula is C39H52F2N4O7. The fourth-order valence-corrected chi connectivity index (χ4v) is 5.51. The summed E-state index contributed by atoms with van der Waals surface area (Å²) in [5.74, 6) is -3.38. The number of hydrogen-bond acceptors (Lipinski definition) is 8. The molecule has 1 N–H and O–H groups in total. The number of hydrogen-bond donors (Lipinski definition) is 1. The molecule has 3 aromatic rings. The number of ether oxygens (including phenoxy) is 3. The Balaban J connectivity index is 2.22. The highest BCUT2D eigenvalue weighted by Crippen LogP contribution is 2.43. The molecule has 52 heavy (non-hydrogen) atoms. The van der Waals surface area contributed by atoms with E-state index in [0.29, 0.717) is 24.1 Å². The molecule has 13 heteroatoms. The minimum atomic E-state index is -1.24. The zero-order valence-electron chi connectivity index (χ0n) is 31.8. The van der Waals surface area contributed by atoms with Crippen molar-refractivity contribution in [2.45, 2.75) is 112 Å². The van der Waals surface area contributed by atoms with Crippen molar-refractivity contribution in [3.05, 3.63) is 83.2 Å². The Labute approximate surface area is 305 Å². The van der Waals surface area contributed by atoms with Gasteiger partial charge in [-0.05, 0) is 77.5 Å². The van der Waals surface area contributed by atoms with Crippen LogP contribution in [0.1, 0.15) is 105 Å². The molecule has 0 bridgehead atoms. The van der Waals surface area contributed by atoms with Gasteiger partial charge in [0.1, 0.15) is 34.6 Å². The molecule has 0 aliphatic rings. The van der Waals surface area contributed by atoms with E-state index in [1.54, 1.807) is 47.7 Å². The number of amides is 2. The van der Waals surface area contributed by atoms with E-state index in [1.165, 1.54) is 16.5 Å². The van der Waals surface area contributed by atoms with Gasteiger partial charge in [-0.25, -0.2) is 23.1 Å². The third-order valence-corrected chi connectivity index (χ3v) is 8.20. The Kier molecular flexibility index (Phi) is 13.7. The number of nitrogens with zero attached hydrogens (tertiary/aromatic N) is 3. The van der Waals surface area contributed by atoms with Gasteiger partial charge in [0.05, 0.1) is 11.7 Å². The Morgan fingerprint density at radius 3 is 2.13 bits per heavy atom. The van der Waals surface area contributed by atoms with Gasteiger partial charge in [-0.3, -0.25) is 9.59 Å². The van der Waals surface area contributed by atoms with E-state index in [2.05, 4.69) is 5.32 Å². The van der Waals surface area contributed by atoms with Crippen molar-refractivity contribution in [1.29, 1.82) is 0 Å². The molecule has 0 spiro atoms. The zero-order chi connectivity index (χ0) is 39.0. The van der Waals surface area contributed by atoms with Crippen LogP contribution in [-0.2, 0) is 35.0 Å². The topological polar surface area (TPSA) is 129 Å². The predicted molar refractivity (Wildman–Crippen MR) is 192 cm³/mol. The molecule has 2 atom stereocenters. The van der Waals surface area contributed by atoms with Crippen LogP contribution in [-0.4, -0.2) is 69.0 Å². The number of halogens is 2. The lowest BCUT2D eigenvalue weighted by Gasteiger charge is -2.42. The van der Waals surface area contributed by atoms with Crippen molar-refractivity contribution in [3.8, 4) is 5.69 Å². The molecule has 1 unspecified atom stereocenters. The maximum Gasteiger partial charge on any atom is 0.408 e. The first-order valence-corrected chi connectivity index (χ1v) is 17.3. The van der Waals surface area contributed by atoms with Gasteiger partial charge < -0.3 is 24.4 Å². The van der Waals surface area contributed by atoms with Crippen LogP contribution >= 0.6 is 0 Å². The number of aromatic nitrogens is 2. The van der Waals surface area contributed by atoms with E-state index in [4.69, 9.17) is 19.3 Å². The van der Waals surface area contributed by atoms with Gasteiger partial charge in [0, 0.05) is 37.7 Å². The second-order valence-electron chi connectivity index (χ2n) is 15.4. The first-order valence-electron chi connectivity index (χ1n) is 17.3. The summed E-state index contributed by atoms with van der Waals surface area (Å²) in [6, 6.07) is 10.4. The number of rotatable bonds is 14. The smallest absolute Gasteiger partial charge is 0.408 e. The first kappa shape index (κ1) is 41.6. The number of benzene rings is 2. The predicted octanol–water partition coefficient (Wildman–Crippen LogP) is 7.24. The summed E-state index contributed by atoms with van der Waals surface area (Å²) >= 11 is 0. The Hall–Kier alpha value is -4.81. The van der Waals surface area contributed by atoms with E-state index >= 15 is 4.39 Å².